The van der Waals surface area contributed by atoms with Gasteiger partial charge >= 0.3 is 5.97 Å². The van der Waals surface area contributed by atoms with Crippen molar-refractivity contribution in [3.63, 3.8) is 0 Å². The number of ether oxygens (including phenoxy) is 3. The monoisotopic (exact) mass is 366 g/mol. The minimum atomic E-state index is -0.888. The first-order chi connectivity index (χ1) is 13.0. The van der Waals surface area contributed by atoms with Crippen LogP contribution in [0, 0.1) is 11.3 Å². The van der Waals surface area contributed by atoms with Gasteiger partial charge in [-0.25, -0.2) is 4.79 Å². The number of nitrogens with zero attached hydrogens (tertiary/aromatic N) is 1. The van der Waals surface area contributed by atoms with Crippen LogP contribution in [0.15, 0.2) is 54.1 Å². The third-order valence-corrected chi connectivity index (χ3v) is 3.43. The van der Waals surface area contributed by atoms with Crippen molar-refractivity contribution in [1.29, 1.82) is 5.26 Å². The summed E-state index contributed by atoms with van der Waals surface area (Å²) in [7, 11) is 3.03. The van der Waals surface area contributed by atoms with E-state index >= 15 is 0 Å². The Hall–Kier alpha value is -3.79. The van der Waals surface area contributed by atoms with Crippen molar-refractivity contribution in [3.05, 3.63) is 59.7 Å². The van der Waals surface area contributed by atoms with Gasteiger partial charge in [-0.05, 0) is 35.9 Å². The zero-order valence-electron chi connectivity index (χ0n) is 14.9. The average molecular weight is 366 g/mol. The lowest BCUT2D eigenvalue weighted by atomic mass is 10.1. The molecule has 2 aromatic rings. The van der Waals surface area contributed by atoms with Gasteiger partial charge in [0.15, 0.2) is 6.61 Å². The van der Waals surface area contributed by atoms with Crippen molar-refractivity contribution in [2.45, 2.75) is 0 Å². The van der Waals surface area contributed by atoms with Crippen LogP contribution >= 0.6 is 0 Å². The summed E-state index contributed by atoms with van der Waals surface area (Å²) in [6, 6.07) is 15.4. The van der Waals surface area contributed by atoms with Crippen LogP contribution in [0.4, 0.5) is 5.69 Å². The Labute approximate surface area is 156 Å². The second-order valence-electron chi connectivity index (χ2n) is 5.30. The topological polar surface area (TPSA) is 97.6 Å². The predicted molar refractivity (Wildman–Crippen MR) is 99.2 cm³/mol. The van der Waals surface area contributed by atoms with Crippen LogP contribution in [0.2, 0.25) is 0 Å². The maximum atomic E-state index is 12.0. The molecule has 0 radical (unpaired) electrons. The Morgan fingerprint density at radius 1 is 1.07 bits per heavy atom. The maximum absolute atomic E-state index is 12.0. The number of esters is 1. The van der Waals surface area contributed by atoms with E-state index in [0.29, 0.717) is 22.7 Å². The molecule has 0 aliphatic rings. The normalized spacial score (nSPS) is 10.5. The standard InChI is InChI=1S/C20H18N2O5/c1-25-17-7-3-5-14(10-17)9-15(12-21)20(24)27-13-19(23)22-16-6-4-8-18(11-16)26-2/h3-11H,13H2,1-2H3,(H,22,23)/b15-9+. The first-order valence-corrected chi connectivity index (χ1v) is 7.92. The summed E-state index contributed by atoms with van der Waals surface area (Å²) in [5, 5.41) is 11.8. The average Bonchev–Trinajstić information content (AvgIpc) is 2.70. The van der Waals surface area contributed by atoms with Crippen molar-refractivity contribution >= 4 is 23.6 Å². The van der Waals surface area contributed by atoms with Gasteiger partial charge in [0, 0.05) is 11.8 Å². The number of rotatable bonds is 7. The molecule has 0 bridgehead atoms. The molecule has 7 heteroatoms. The number of hydrogen-bond acceptors (Lipinski definition) is 6. The number of methoxy groups -OCH3 is 2. The zero-order valence-corrected chi connectivity index (χ0v) is 14.9. The molecule has 0 aromatic heterocycles. The molecule has 2 rings (SSSR count). The lowest BCUT2D eigenvalue weighted by molar-refractivity contribution is -0.142. The van der Waals surface area contributed by atoms with Gasteiger partial charge in [0.05, 0.1) is 14.2 Å². The summed E-state index contributed by atoms with van der Waals surface area (Å²) in [6.45, 7) is -0.521. The quantitative estimate of drug-likeness (QED) is 0.460. The molecular formula is C20H18N2O5. The highest BCUT2D eigenvalue weighted by Crippen LogP contribution is 2.17. The molecule has 0 unspecified atom stereocenters. The van der Waals surface area contributed by atoms with E-state index in [1.807, 2.05) is 0 Å². The predicted octanol–water partition coefficient (Wildman–Crippen LogP) is 2.79. The van der Waals surface area contributed by atoms with E-state index < -0.39 is 18.5 Å². The first kappa shape index (κ1) is 19.5. The van der Waals surface area contributed by atoms with Crippen molar-refractivity contribution in [1.82, 2.24) is 0 Å². The SMILES string of the molecule is COc1cccc(/C=C(\C#N)C(=O)OCC(=O)Nc2cccc(OC)c2)c1. The molecule has 0 spiro atoms. The zero-order chi connectivity index (χ0) is 19.6. The van der Waals surface area contributed by atoms with Gasteiger partial charge < -0.3 is 19.5 Å². The van der Waals surface area contributed by atoms with E-state index in [1.54, 1.807) is 54.6 Å². The number of benzene rings is 2. The van der Waals surface area contributed by atoms with Crippen LogP contribution in [0.1, 0.15) is 5.56 Å². The largest absolute Gasteiger partial charge is 0.497 e. The molecule has 138 valence electrons. The van der Waals surface area contributed by atoms with Gasteiger partial charge in [0.2, 0.25) is 0 Å². The molecule has 0 heterocycles. The van der Waals surface area contributed by atoms with Crippen LogP contribution in [0.25, 0.3) is 6.08 Å². The fourth-order valence-electron chi connectivity index (χ4n) is 2.14. The molecule has 0 saturated carbocycles. The third kappa shape index (κ3) is 5.90. The van der Waals surface area contributed by atoms with Crippen molar-refractivity contribution < 1.29 is 23.8 Å². The summed E-state index contributed by atoms with van der Waals surface area (Å²) < 4.78 is 15.1. The van der Waals surface area contributed by atoms with Crippen LogP contribution < -0.4 is 14.8 Å². The Kier molecular flexibility index (Phi) is 6.97. The maximum Gasteiger partial charge on any atom is 0.349 e. The highest BCUT2D eigenvalue weighted by atomic mass is 16.5. The van der Waals surface area contributed by atoms with Gasteiger partial charge in [0.1, 0.15) is 23.1 Å². The highest BCUT2D eigenvalue weighted by molar-refractivity contribution is 6.00. The van der Waals surface area contributed by atoms with Crippen LogP contribution in [-0.4, -0.2) is 32.7 Å². The summed E-state index contributed by atoms with van der Waals surface area (Å²) >= 11 is 0. The third-order valence-electron chi connectivity index (χ3n) is 3.43. The highest BCUT2D eigenvalue weighted by Gasteiger charge is 2.13. The molecule has 0 fully saturated rings. The Morgan fingerprint density at radius 3 is 2.41 bits per heavy atom. The molecule has 0 saturated heterocycles. The summed E-state index contributed by atoms with van der Waals surface area (Å²) in [5.74, 6) is -0.249. The van der Waals surface area contributed by atoms with Crippen LogP contribution in [0.5, 0.6) is 11.5 Å². The number of carbonyl (C=O) groups excluding carboxylic acids is 2. The van der Waals surface area contributed by atoms with Gasteiger partial charge in [-0.2, -0.15) is 5.26 Å². The number of nitriles is 1. The molecule has 2 aromatic carbocycles. The second kappa shape index (κ2) is 9.63. The van der Waals surface area contributed by atoms with E-state index in [2.05, 4.69) is 5.32 Å². The summed E-state index contributed by atoms with van der Waals surface area (Å²) in [4.78, 5) is 24.0. The number of hydrogen-bond donors (Lipinski definition) is 1. The lowest BCUT2D eigenvalue weighted by Crippen LogP contribution is -2.21. The number of nitrogens with one attached hydrogen (secondary N) is 1. The molecular weight excluding hydrogens is 348 g/mol. The number of amides is 1. The van der Waals surface area contributed by atoms with E-state index in [9.17, 15) is 14.9 Å². The molecule has 0 aliphatic carbocycles. The van der Waals surface area contributed by atoms with Gasteiger partial charge in [-0.1, -0.05) is 18.2 Å². The minimum Gasteiger partial charge on any atom is -0.497 e. The van der Waals surface area contributed by atoms with Gasteiger partial charge in [-0.3, -0.25) is 4.79 Å². The lowest BCUT2D eigenvalue weighted by Gasteiger charge is -2.07. The molecule has 0 aliphatic heterocycles. The van der Waals surface area contributed by atoms with E-state index in [1.165, 1.54) is 20.3 Å². The Morgan fingerprint density at radius 2 is 1.74 bits per heavy atom. The second-order valence-corrected chi connectivity index (χ2v) is 5.30. The molecule has 27 heavy (non-hydrogen) atoms. The summed E-state index contributed by atoms with van der Waals surface area (Å²) in [5.41, 5.74) is 0.879. The smallest absolute Gasteiger partial charge is 0.349 e. The van der Waals surface area contributed by atoms with Crippen LogP contribution in [-0.2, 0) is 14.3 Å². The Bertz CT molecular complexity index is 899. The Balaban J connectivity index is 1.97. The fraction of sp³-hybridized carbons (Fsp3) is 0.150. The van der Waals surface area contributed by atoms with Crippen molar-refractivity contribution in [2.75, 3.05) is 26.1 Å². The van der Waals surface area contributed by atoms with Gasteiger partial charge in [-0.15, -0.1) is 0 Å². The van der Waals surface area contributed by atoms with E-state index in [-0.39, 0.29) is 5.57 Å². The number of anilines is 1. The van der Waals surface area contributed by atoms with E-state index in [0.717, 1.165) is 0 Å². The molecule has 7 nitrogen and oxygen atoms in total. The van der Waals surface area contributed by atoms with E-state index in [4.69, 9.17) is 14.2 Å². The van der Waals surface area contributed by atoms with Crippen molar-refractivity contribution in [2.24, 2.45) is 0 Å². The fourth-order valence-corrected chi connectivity index (χ4v) is 2.14. The molecule has 0 atom stereocenters. The summed E-state index contributed by atoms with van der Waals surface area (Å²) in [6.07, 6.45) is 1.37. The number of carbonyl (C=O) groups is 2. The minimum absolute atomic E-state index is 0.225. The molecule has 1 amide bonds. The van der Waals surface area contributed by atoms with Crippen LogP contribution in [0.3, 0.4) is 0 Å². The first-order valence-electron chi connectivity index (χ1n) is 7.92. The van der Waals surface area contributed by atoms with Crippen molar-refractivity contribution in [3.8, 4) is 17.6 Å². The molecule has 1 N–H and O–H groups in total. The van der Waals surface area contributed by atoms with Gasteiger partial charge in [0.25, 0.3) is 5.91 Å².